The second-order valence-electron chi connectivity index (χ2n) is 5.22. The quantitative estimate of drug-likeness (QED) is 0.833. The Balaban J connectivity index is 1.76. The van der Waals surface area contributed by atoms with Crippen molar-refractivity contribution in [3.8, 4) is 5.75 Å². The van der Waals surface area contributed by atoms with E-state index in [1.165, 1.54) is 0 Å². The molecule has 2 aromatic carbocycles. The third kappa shape index (κ3) is 5.14. The SMILES string of the molecule is COc1ccc(CCC(=O)NNC(=O)c2ccc(C)cc2)cc1. The molecule has 0 atom stereocenters. The molecule has 0 aliphatic carbocycles. The van der Waals surface area contributed by atoms with Crippen LogP contribution in [0.1, 0.15) is 27.9 Å². The van der Waals surface area contributed by atoms with Gasteiger partial charge in [0.25, 0.3) is 5.91 Å². The first-order valence-electron chi connectivity index (χ1n) is 7.37. The minimum Gasteiger partial charge on any atom is -0.497 e. The molecule has 120 valence electrons. The van der Waals surface area contributed by atoms with Crippen LogP contribution in [0.15, 0.2) is 48.5 Å². The van der Waals surface area contributed by atoms with Gasteiger partial charge in [-0.2, -0.15) is 0 Å². The first-order chi connectivity index (χ1) is 11.1. The molecule has 0 saturated heterocycles. The smallest absolute Gasteiger partial charge is 0.269 e. The van der Waals surface area contributed by atoms with E-state index >= 15 is 0 Å². The topological polar surface area (TPSA) is 67.4 Å². The van der Waals surface area contributed by atoms with Gasteiger partial charge in [-0.1, -0.05) is 29.8 Å². The molecule has 0 spiro atoms. The van der Waals surface area contributed by atoms with Crippen molar-refractivity contribution in [1.29, 1.82) is 0 Å². The van der Waals surface area contributed by atoms with Crippen LogP contribution in [0.2, 0.25) is 0 Å². The van der Waals surface area contributed by atoms with Crippen LogP contribution in [0.4, 0.5) is 0 Å². The zero-order chi connectivity index (χ0) is 16.7. The Kier molecular flexibility index (Phi) is 5.74. The highest BCUT2D eigenvalue weighted by Crippen LogP contribution is 2.12. The lowest BCUT2D eigenvalue weighted by atomic mass is 10.1. The van der Waals surface area contributed by atoms with Gasteiger partial charge in [0.1, 0.15) is 5.75 Å². The van der Waals surface area contributed by atoms with Crippen molar-refractivity contribution < 1.29 is 14.3 Å². The predicted molar refractivity (Wildman–Crippen MR) is 88.1 cm³/mol. The minimum absolute atomic E-state index is 0.235. The number of methoxy groups -OCH3 is 1. The summed E-state index contributed by atoms with van der Waals surface area (Å²) in [6.07, 6.45) is 0.886. The van der Waals surface area contributed by atoms with Crippen molar-refractivity contribution in [2.45, 2.75) is 19.8 Å². The van der Waals surface area contributed by atoms with Crippen LogP contribution >= 0.6 is 0 Å². The van der Waals surface area contributed by atoms with E-state index < -0.39 is 0 Å². The number of hydrogen-bond acceptors (Lipinski definition) is 3. The first kappa shape index (κ1) is 16.5. The second kappa shape index (κ2) is 7.98. The Labute approximate surface area is 135 Å². The van der Waals surface area contributed by atoms with E-state index in [4.69, 9.17) is 4.74 Å². The van der Waals surface area contributed by atoms with Crippen LogP contribution in [0, 0.1) is 6.92 Å². The largest absolute Gasteiger partial charge is 0.497 e. The maximum atomic E-state index is 11.9. The number of carbonyl (C=O) groups excluding carboxylic acids is 2. The number of nitrogens with one attached hydrogen (secondary N) is 2. The van der Waals surface area contributed by atoms with E-state index in [1.807, 2.05) is 43.3 Å². The predicted octanol–water partition coefficient (Wildman–Crippen LogP) is 2.40. The lowest BCUT2D eigenvalue weighted by Crippen LogP contribution is -2.41. The number of benzene rings is 2. The standard InChI is InChI=1S/C18H20N2O3/c1-13-3-8-15(9-4-13)18(22)20-19-17(21)12-7-14-5-10-16(23-2)11-6-14/h3-6,8-11H,7,12H2,1-2H3,(H,19,21)(H,20,22). The second-order valence-corrected chi connectivity index (χ2v) is 5.22. The summed E-state index contributed by atoms with van der Waals surface area (Å²) in [6.45, 7) is 1.95. The molecule has 23 heavy (non-hydrogen) atoms. The fourth-order valence-corrected chi connectivity index (χ4v) is 2.02. The number of hydrazine groups is 1. The van der Waals surface area contributed by atoms with E-state index in [1.54, 1.807) is 19.2 Å². The molecule has 5 nitrogen and oxygen atoms in total. The lowest BCUT2D eigenvalue weighted by Gasteiger charge is -2.08. The zero-order valence-corrected chi connectivity index (χ0v) is 13.3. The van der Waals surface area contributed by atoms with Crippen molar-refractivity contribution in [1.82, 2.24) is 10.9 Å². The van der Waals surface area contributed by atoms with E-state index in [9.17, 15) is 9.59 Å². The van der Waals surface area contributed by atoms with Crippen molar-refractivity contribution >= 4 is 11.8 Å². The Hall–Kier alpha value is -2.82. The highest BCUT2D eigenvalue weighted by atomic mass is 16.5. The number of amides is 2. The summed E-state index contributed by atoms with van der Waals surface area (Å²) in [5.74, 6) is 0.215. The van der Waals surface area contributed by atoms with Gasteiger partial charge in [0.2, 0.25) is 5.91 Å². The van der Waals surface area contributed by atoms with Gasteiger partial charge in [-0.3, -0.25) is 20.4 Å². The Morgan fingerprint density at radius 1 is 0.957 bits per heavy atom. The summed E-state index contributed by atoms with van der Waals surface area (Å²) in [5, 5.41) is 0. The Morgan fingerprint density at radius 2 is 1.61 bits per heavy atom. The van der Waals surface area contributed by atoms with Crippen LogP contribution in [-0.4, -0.2) is 18.9 Å². The normalized spacial score (nSPS) is 10.0. The third-order valence-corrected chi connectivity index (χ3v) is 3.43. The average Bonchev–Trinajstić information content (AvgIpc) is 2.59. The summed E-state index contributed by atoms with van der Waals surface area (Å²) in [6, 6.07) is 14.7. The van der Waals surface area contributed by atoms with Gasteiger partial charge in [-0.05, 0) is 43.2 Å². The highest BCUT2D eigenvalue weighted by Gasteiger charge is 2.07. The van der Waals surface area contributed by atoms with Gasteiger partial charge in [-0.25, -0.2) is 0 Å². The van der Waals surface area contributed by atoms with E-state index in [0.717, 1.165) is 16.9 Å². The van der Waals surface area contributed by atoms with Gasteiger partial charge in [0.05, 0.1) is 7.11 Å². The number of ether oxygens (including phenoxy) is 1. The van der Waals surface area contributed by atoms with Crippen LogP contribution in [-0.2, 0) is 11.2 Å². The van der Waals surface area contributed by atoms with Gasteiger partial charge >= 0.3 is 0 Å². The van der Waals surface area contributed by atoms with Crippen molar-refractivity contribution in [3.63, 3.8) is 0 Å². The number of aryl methyl sites for hydroxylation is 2. The average molecular weight is 312 g/mol. The number of rotatable bonds is 5. The Bertz CT molecular complexity index is 664. The third-order valence-electron chi connectivity index (χ3n) is 3.43. The molecular weight excluding hydrogens is 292 g/mol. The molecule has 5 heteroatoms. The molecule has 2 amide bonds. The molecular formula is C18H20N2O3. The van der Waals surface area contributed by atoms with Crippen molar-refractivity contribution in [2.75, 3.05) is 7.11 Å². The Morgan fingerprint density at radius 3 is 2.22 bits per heavy atom. The molecule has 0 aliphatic heterocycles. The molecule has 0 bridgehead atoms. The van der Waals surface area contributed by atoms with Crippen LogP contribution < -0.4 is 15.6 Å². The molecule has 2 N–H and O–H groups in total. The number of hydrogen-bond donors (Lipinski definition) is 2. The number of carbonyl (C=O) groups is 2. The summed E-state index contributed by atoms with van der Waals surface area (Å²) in [5.41, 5.74) is 7.45. The maximum absolute atomic E-state index is 11.9. The molecule has 0 radical (unpaired) electrons. The molecule has 2 aromatic rings. The van der Waals surface area contributed by atoms with E-state index in [2.05, 4.69) is 10.9 Å². The summed E-state index contributed by atoms with van der Waals surface area (Å²) in [4.78, 5) is 23.6. The highest BCUT2D eigenvalue weighted by molar-refractivity contribution is 5.95. The lowest BCUT2D eigenvalue weighted by molar-refractivity contribution is -0.121. The fraction of sp³-hybridized carbons (Fsp3) is 0.222. The summed E-state index contributed by atoms with van der Waals surface area (Å²) >= 11 is 0. The van der Waals surface area contributed by atoms with Crippen LogP contribution in [0.25, 0.3) is 0 Å². The van der Waals surface area contributed by atoms with Crippen molar-refractivity contribution in [3.05, 3.63) is 65.2 Å². The molecule has 0 aromatic heterocycles. The molecule has 2 rings (SSSR count). The van der Waals surface area contributed by atoms with Gasteiger partial charge in [-0.15, -0.1) is 0 Å². The molecule has 0 unspecified atom stereocenters. The molecule has 0 heterocycles. The van der Waals surface area contributed by atoms with Gasteiger partial charge in [0.15, 0.2) is 0 Å². The fourth-order valence-electron chi connectivity index (χ4n) is 2.02. The monoisotopic (exact) mass is 312 g/mol. The van der Waals surface area contributed by atoms with Crippen LogP contribution in [0.5, 0.6) is 5.75 Å². The van der Waals surface area contributed by atoms with E-state index in [0.29, 0.717) is 18.4 Å². The minimum atomic E-state index is -0.331. The van der Waals surface area contributed by atoms with E-state index in [-0.39, 0.29) is 11.8 Å². The first-order valence-corrected chi connectivity index (χ1v) is 7.37. The van der Waals surface area contributed by atoms with Crippen LogP contribution in [0.3, 0.4) is 0 Å². The molecule has 0 fully saturated rings. The summed E-state index contributed by atoms with van der Waals surface area (Å²) < 4.78 is 5.08. The maximum Gasteiger partial charge on any atom is 0.269 e. The van der Waals surface area contributed by atoms with Crippen molar-refractivity contribution in [2.24, 2.45) is 0 Å². The van der Waals surface area contributed by atoms with Gasteiger partial charge < -0.3 is 4.74 Å². The molecule has 0 saturated carbocycles. The summed E-state index contributed by atoms with van der Waals surface area (Å²) in [7, 11) is 1.61. The van der Waals surface area contributed by atoms with Gasteiger partial charge in [0, 0.05) is 12.0 Å². The molecule has 0 aliphatic rings. The zero-order valence-electron chi connectivity index (χ0n) is 13.3.